The van der Waals surface area contributed by atoms with Gasteiger partial charge in [0.05, 0.1) is 0 Å². The second-order valence-corrected chi connectivity index (χ2v) is 3.69. The fourth-order valence-corrected chi connectivity index (χ4v) is 1.64. The molecule has 1 rings (SSSR count). The van der Waals surface area contributed by atoms with E-state index in [0.717, 1.165) is 12.8 Å². The van der Waals surface area contributed by atoms with Crippen LogP contribution in [0.25, 0.3) is 0 Å². The summed E-state index contributed by atoms with van der Waals surface area (Å²) in [4.78, 5) is 11.7. The molecular formula is C13H19NO. The quantitative estimate of drug-likeness (QED) is 0.785. The van der Waals surface area contributed by atoms with Crippen LogP contribution in [0.2, 0.25) is 0 Å². The summed E-state index contributed by atoms with van der Waals surface area (Å²) in [5, 5.41) is 2.88. The Balaban J connectivity index is 2.58. The second-order valence-electron chi connectivity index (χ2n) is 3.69. The molecule has 1 amide bonds. The Kier molecular flexibility index (Phi) is 4.88. The van der Waals surface area contributed by atoms with E-state index >= 15 is 0 Å². The van der Waals surface area contributed by atoms with E-state index in [0.29, 0.717) is 6.54 Å². The van der Waals surface area contributed by atoms with Gasteiger partial charge in [0.2, 0.25) is 5.91 Å². The van der Waals surface area contributed by atoms with Crippen LogP contribution in [0, 0.1) is 5.92 Å². The molecule has 0 spiro atoms. The molecule has 1 aromatic rings. The summed E-state index contributed by atoms with van der Waals surface area (Å²) in [5.41, 5.74) is 1.23. The van der Waals surface area contributed by atoms with Gasteiger partial charge in [-0.05, 0) is 25.3 Å². The summed E-state index contributed by atoms with van der Waals surface area (Å²) in [6.07, 6.45) is 1.73. The molecule has 82 valence electrons. The lowest BCUT2D eigenvalue weighted by molar-refractivity contribution is -0.124. The molecule has 0 aliphatic rings. The largest absolute Gasteiger partial charge is 0.356 e. The molecule has 0 fully saturated rings. The van der Waals surface area contributed by atoms with E-state index in [1.165, 1.54) is 5.56 Å². The van der Waals surface area contributed by atoms with Gasteiger partial charge in [-0.2, -0.15) is 0 Å². The average Bonchev–Trinajstić information content (AvgIpc) is 2.27. The van der Waals surface area contributed by atoms with Gasteiger partial charge in [0, 0.05) is 12.5 Å². The second kappa shape index (κ2) is 6.23. The molecule has 0 heterocycles. The molecule has 1 aromatic carbocycles. The first-order chi connectivity index (χ1) is 7.27. The third-order valence-electron chi connectivity index (χ3n) is 2.54. The molecule has 0 saturated carbocycles. The predicted octanol–water partition coefficient (Wildman–Crippen LogP) is 2.39. The predicted molar refractivity (Wildman–Crippen MR) is 62.6 cm³/mol. The lowest BCUT2D eigenvalue weighted by atomic mass is 9.96. The van der Waals surface area contributed by atoms with E-state index in [4.69, 9.17) is 0 Å². The number of benzene rings is 1. The van der Waals surface area contributed by atoms with Gasteiger partial charge in [0.15, 0.2) is 0 Å². The van der Waals surface area contributed by atoms with Gasteiger partial charge in [-0.25, -0.2) is 0 Å². The Morgan fingerprint density at radius 1 is 1.27 bits per heavy atom. The number of carbonyl (C=O) groups excluding carboxylic acids is 1. The molecule has 0 bridgehead atoms. The first-order valence-corrected chi connectivity index (χ1v) is 5.59. The van der Waals surface area contributed by atoms with Crippen molar-refractivity contribution in [2.24, 2.45) is 5.92 Å². The zero-order valence-electron chi connectivity index (χ0n) is 9.49. The van der Waals surface area contributed by atoms with Gasteiger partial charge >= 0.3 is 0 Å². The highest BCUT2D eigenvalue weighted by Gasteiger charge is 2.15. The monoisotopic (exact) mass is 205 g/mol. The molecule has 1 unspecified atom stereocenters. The van der Waals surface area contributed by atoms with E-state index in [1.807, 2.05) is 25.1 Å². The van der Waals surface area contributed by atoms with Gasteiger partial charge in [-0.15, -0.1) is 0 Å². The summed E-state index contributed by atoms with van der Waals surface area (Å²) in [6, 6.07) is 10.2. The molecule has 0 aliphatic carbocycles. The van der Waals surface area contributed by atoms with Crippen LogP contribution < -0.4 is 5.32 Å². The van der Waals surface area contributed by atoms with Gasteiger partial charge in [0.25, 0.3) is 0 Å². The fraction of sp³-hybridized carbons (Fsp3) is 0.462. The molecular weight excluding hydrogens is 186 g/mol. The molecule has 2 heteroatoms. The maximum absolute atomic E-state index is 11.7. The smallest absolute Gasteiger partial charge is 0.223 e. The molecule has 0 radical (unpaired) electrons. The van der Waals surface area contributed by atoms with E-state index in [9.17, 15) is 4.79 Å². The summed E-state index contributed by atoms with van der Waals surface area (Å²) >= 11 is 0. The Labute approximate surface area is 91.7 Å². The van der Waals surface area contributed by atoms with Crippen molar-refractivity contribution in [1.82, 2.24) is 5.32 Å². The summed E-state index contributed by atoms with van der Waals surface area (Å²) in [5.74, 6) is 0.274. The highest BCUT2D eigenvalue weighted by atomic mass is 16.1. The van der Waals surface area contributed by atoms with Crippen molar-refractivity contribution in [3.05, 3.63) is 35.9 Å². The Hall–Kier alpha value is -1.31. The van der Waals surface area contributed by atoms with Crippen molar-refractivity contribution in [2.45, 2.75) is 26.7 Å². The van der Waals surface area contributed by atoms with Crippen molar-refractivity contribution < 1.29 is 4.79 Å². The minimum Gasteiger partial charge on any atom is -0.356 e. The maximum Gasteiger partial charge on any atom is 0.223 e. The van der Waals surface area contributed by atoms with Crippen LogP contribution in [0.15, 0.2) is 30.3 Å². The number of rotatable bonds is 5. The zero-order valence-corrected chi connectivity index (χ0v) is 9.49. The normalized spacial score (nSPS) is 12.1. The van der Waals surface area contributed by atoms with Crippen LogP contribution in [0.1, 0.15) is 25.8 Å². The average molecular weight is 205 g/mol. The number of nitrogens with one attached hydrogen (secondary N) is 1. The molecule has 0 saturated heterocycles. The molecule has 0 aliphatic heterocycles. The molecule has 2 nitrogen and oxygen atoms in total. The molecule has 1 atom stereocenters. The fourth-order valence-electron chi connectivity index (χ4n) is 1.64. The van der Waals surface area contributed by atoms with E-state index in [2.05, 4.69) is 24.4 Å². The van der Waals surface area contributed by atoms with E-state index in [1.54, 1.807) is 0 Å². The van der Waals surface area contributed by atoms with Crippen molar-refractivity contribution in [1.29, 1.82) is 0 Å². The molecule has 0 aromatic heterocycles. The number of carbonyl (C=O) groups is 1. The van der Waals surface area contributed by atoms with Crippen LogP contribution in [0.5, 0.6) is 0 Å². The van der Waals surface area contributed by atoms with E-state index in [-0.39, 0.29) is 11.8 Å². The number of hydrogen-bond acceptors (Lipinski definition) is 1. The van der Waals surface area contributed by atoms with Crippen molar-refractivity contribution in [2.75, 3.05) is 6.54 Å². The Bertz CT molecular complexity index is 295. The van der Waals surface area contributed by atoms with Gasteiger partial charge < -0.3 is 5.32 Å². The molecule has 15 heavy (non-hydrogen) atoms. The highest BCUT2D eigenvalue weighted by Crippen LogP contribution is 2.12. The van der Waals surface area contributed by atoms with Gasteiger partial charge in [-0.1, -0.05) is 37.3 Å². The van der Waals surface area contributed by atoms with Crippen LogP contribution in [-0.4, -0.2) is 12.5 Å². The molecule has 1 N–H and O–H groups in total. The topological polar surface area (TPSA) is 29.1 Å². The minimum atomic E-state index is 0.104. The van der Waals surface area contributed by atoms with Crippen molar-refractivity contribution in [3.63, 3.8) is 0 Å². The van der Waals surface area contributed by atoms with Crippen LogP contribution in [-0.2, 0) is 11.2 Å². The lowest BCUT2D eigenvalue weighted by Gasteiger charge is -2.14. The van der Waals surface area contributed by atoms with Gasteiger partial charge in [0.1, 0.15) is 0 Å². The Morgan fingerprint density at radius 3 is 2.47 bits per heavy atom. The van der Waals surface area contributed by atoms with Crippen LogP contribution >= 0.6 is 0 Å². The SMILES string of the molecule is CCNC(=O)C(CC)Cc1ccccc1. The van der Waals surface area contributed by atoms with E-state index < -0.39 is 0 Å². The highest BCUT2D eigenvalue weighted by molar-refractivity contribution is 5.78. The summed E-state index contributed by atoms with van der Waals surface area (Å²) in [6.45, 7) is 4.72. The van der Waals surface area contributed by atoms with Crippen molar-refractivity contribution in [3.8, 4) is 0 Å². The number of amides is 1. The van der Waals surface area contributed by atoms with Crippen molar-refractivity contribution >= 4 is 5.91 Å². The standard InChI is InChI=1S/C13H19NO/c1-3-12(13(15)14-4-2)10-11-8-6-5-7-9-11/h5-9,12H,3-4,10H2,1-2H3,(H,14,15). The third-order valence-corrected chi connectivity index (χ3v) is 2.54. The minimum absolute atomic E-state index is 0.104. The maximum atomic E-state index is 11.7. The Morgan fingerprint density at radius 2 is 1.93 bits per heavy atom. The third kappa shape index (κ3) is 3.74. The summed E-state index contributed by atoms with van der Waals surface area (Å²) < 4.78 is 0. The van der Waals surface area contributed by atoms with Crippen LogP contribution in [0.3, 0.4) is 0 Å². The summed E-state index contributed by atoms with van der Waals surface area (Å²) in [7, 11) is 0. The lowest BCUT2D eigenvalue weighted by Crippen LogP contribution is -2.31. The zero-order chi connectivity index (χ0) is 11.1. The first kappa shape index (κ1) is 11.8. The first-order valence-electron chi connectivity index (χ1n) is 5.59. The van der Waals surface area contributed by atoms with Gasteiger partial charge in [-0.3, -0.25) is 4.79 Å². The van der Waals surface area contributed by atoms with Crippen LogP contribution in [0.4, 0.5) is 0 Å². The number of hydrogen-bond donors (Lipinski definition) is 1.